The molecule has 6 nitrogen and oxygen atoms in total. The van der Waals surface area contributed by atoms with Crippen LogP contribution in [0, 0.1) is 5.92 Å². The summed E-state index contributed by atoms with van der Waals surface area (Å²) in [6, 6.07) is 23.9. The minimum Gasteiger partial charge on any atom is -0.469 e. The number of para-hydroxylation sites is 1. The summed E-state index contributed by atoms with van der Waals surface area (Å²) in [6.45, 7) is 0.213. The van der Waals surface area contributed by atoms with Gasteiger partial charge in [0.2, 0.25) is 5.91 Å². The fourth-order valence-electron chi connectivity index (χ4n) is 3.71. The van der Waals surface area contributed by atoms with Crippen LogP contribution in [0.25, 0.3) is 16.5 Å². The van der Waals surface area contributed by atoms with Crippen LogP contribution in [0.4, 0.5) is 0 Å². The number of ether oxygens (including phenoxy) is 1. The molecule has 0 aliphatic carbocycles. The van der Waals surface area contributed by atoms with E-state index in [9.17, 15) is 9.59 Å². The van der Waals surface area contributed by atoms with Gasteiger partial charge in [0.15, 0.2) is 0 Å². The number of carbonyl (C=O) groups is 2. The lowest BCUT2D eigenvalue weighted by atomic mass is 9.97. The molecule has 4 rings (SSSR count). The molecule has 1 N–H and O–H groups in total. The smallest absolute Gasteiger partial charge is 0.310 e. The summed E-state index contributed by atoms with van der Waals surface area (Å²) in [4.78, 5) is 24.8. The van der Waals surface area contributed by atoms with Gasteiger partial charge in [-0.1, -0.05) is 60.7 Å². The van der Waals surface area contributed by atoms with Crippen molar-refractivity contribution in [3.8, 4) is 5.69 Å². The third-order valence-electron chi connectivity index (χ3n) is 5.40. The van der Waals surface area contributed by atoms with Crippen LogP contribution in [0.15, 0.2) is 85.2 Å². The first-order valence-corrected chi connectivity index (χ1v) is 10.5. The highest BCUT2D eigenvalue weighted by molar-refractivity contribution is 5.83. The van der Waals surface area contributed by atoms with Crippen molar-refractivity contribution in [2.24, 2.45) is 5.92 Å². The molecule has 0 spiro atoms. The molecule has 32 heavy (non-hydrogen) atoms. The highest BCUT2D eigenvalue weighted by Gasteiger charge is 2.21. The van der Waals surface area contributed by atoms with Crippen molar-refractivity contribution < 1.29 is 14.3 Å². The molecule has 1 unspecified atom stereocenters. The summed E-state index contributed by atoms with van der Waals surface area (Å²) in [5.41, 5.74) is 2.76. The molecule has 0 saturated carbocycles. The maximum absolute atomic E-state index is 12.5. The molecule has 6 heteroatoms. The van der Waals surface area contributed by atoms with E-state index in [2.05, 4.69) is 22.5 Å². The Morgan fingerprint density at radius 3 is 2.50 bits per heavy atom. The van der Waals surface area contributed by atoms with Gasteiger partial charge in [-0.3, -0.25) is 9.59 Å². The molecule has 1 atom stereocenters. The van der Waals surface area contributed by atoms with Gasteiger partial charge in [-0.15, -0.1) is 0 Å². The zero-order valence-corrected chi connectivity index (χ0v) is 17.9. The molecule has 0 bridgehead atoms. The Morgan fingerprint density at radius 1 is 0.969 bits per heavy atom. The zero-order valence-electron chi connectivity index (χ0n) is 17.9. The second kappa shape index (κ2) is 9.92. The quantitative estimate of drug-likeness (QED) is 0.435. The predicted octanol–water partition coefficient (Wildman–Crippen LogP) is 3.72. The maximum Gasteiger partial charge on any atom is 0.310 e. The van der Waals surface area contributed by atoms with E-state index in [1.54, 1.807) is 10.9 Å². The molecule has 1 heterocycles. The average molecular weight is 428 g/mol. The van der Waals surface area contributed by atoms with Crippen LogP contribution in [0.3, 0.4) is 0 Å². The van der Waals surface area contributed by atoms with E-state index in [0.29, 0.717) is 6.42 Å². The van der Waals surface area contributed by atoms with Crippen molar-refractivity contribution >= 4 is 22.6 Å². The molecule has 0 aliphatic rings. The lowest BCUT2D eigenvalue weighted by Gasteiger charge is -2.16. The number of aromatic nitrogens is 2. The number of amides is 1. The number of rotatable bonds is 8. The van der Waals surface area contributed by atoms with Crippen LogP contribution >= 0.6 is 0 Å². The van der Waals surface area contributed by atoms with Gasteiger partial charge in [-0.25, -0.2) is 4.68 Å². The number of fused-ring (bicyclic) bond motifs is 1. The molecule has 0 fully saturated rings. The number of methoxy groups -OCH3 is 1. The summed E-state index contributed by atoms with van der Waals surface area (Å²) >= 11 is 0. The van der Waals surface area contributed by atoms with E-state index in [1.165, 1.54) is 7.11 Å². The van der Waals surface area contributed by atoms with Gasteiger partial charge >= 0.3 is 5.97 Å². The lowest BCUT2D eigenvalue weighted by Crippen LogP contribution is -2.35. The van der Waals surface area contributed by atoms with Crippen LogP contribution in [0.1, 0.15) is 11.1 Å². The summed E-state index contributed by atoms with van der Waals surface area (Å²) in [5.74, 6) is -0.961. The topological polar surface area (TPSA) is 73.2 Å². The normalized spacial score (nSPS) is 11.8. The third kappa shape index (κ3) is 5.21. The summed E-state index contributed by atoms with van der Waals surface area (Å²) in [7, 11) is 1.37. The van der Waals surface area contributed by atoms with Crippen molar-refractivity contribution in [3.63, 3.8) is 0 Å². The largest absolute Gasteiger partial charge is 0.469 e. The van der Waals surface area contributed by atoms with E-state index in [0.717, 1.165) is 27.6 Å². The molecular formula is C26H25N3O3. The minimum absolute atomic E-state index is 0.162. The molecule has 162 valence electrons. The number of hydrogen-bond acceptors (Lipinski definition) is 4. The van der Waals surface area contributed by atoms with Crippen molar-refractivity contribution in [3.05, 3.63) is 96.3 Å². The Kier molecular flexibility index (Phi) is 6.60. The van der Waals surface area contributed by atoms with Gasteiger partial charge in [0.25, 0.3) is 0 Å². The van der Waals surface area contributed by atoms with Gasteiger partial charge in [-0.05, 0) is 40.5 Å². The minimum atomic E-state index is -0.461. The highest BCUT2D eigenvalue weighted by Crippen LogP contribution is 2.18. The second-order valence-electron chi connectivity index (χ2n) is 7.72. The third-order valence-corrected chi connectivity index (χ3v) is 5.40. The number of nitrogens with one attached hydrogen (secondary N) is 1. The van der Waals surface area contributed by atoms with E-state index in [4.69, 9.17) is 4.74 Å². The van der Waals surface area contributed by atoms with E-state index >= 15 is 0 Å². The van der Waals surface area contributed by atoms with Gasteiger partial charge in [0.1, 0.15) is 0 Å². The molecule has 3 aromatic carbocycles. The first-order valence-electron chi connectivity index (χ1n) is 10.5. The van der Waals surface area contributed by atoms with Gasteiger partial charge in [-0.2, -0.15) is 5.10 Å². The average Bonchev–Trinajstić information content (AvgIpc) is 3.30. The summed E-state index contributed by atoms with van der Waals surface area (Å²) < 4.78 is 6.71. The Labute approximate surface area is 186 Å². The van der Waals surface area contributed by atoms with Gasteiger partial charge in [0.05, 0.1) is 31.3 Å². The van der Waals surface area contributed by atoms with E-state index < -0.39 is 5.92 Å². The van der Waals surface area contributed by atoms with Crippen LogP contribution < -0.4 is 5.32 Å². The van der Waals surface area contributed by atoms with E-state index in [-0.39, 0.29) is 24.8 Å². The second-order valence-corrected chi connectivity index (χ2v) is 7.72. The Bertz CT molecular complexity index is 1220. The van der Waals surface area contributed by atoms with Crippen LogP contribution in [0.5, 0.6) is 0 Å². The van der Waals surface area contributed by atoms with Gasteiger partial charge < -0.3 is 10.1 Å². The molecule has 1 amide bonds. The molecule has 0 radical (unpaired) electrons. The highest BCUT2D eigenvalue weighted by atomic mass is 16.5. The SMILES string of the molecule is COC(=O)C(CNC(=O)Cc1cnn(-c2ccccc2)c1)Cc1ccc2ccccc2c1. The number of esters is 1. The van der Waals surface area contributed by atoms with E-state index in [1.807, 2.05) is 66.9 Å². The molecule has 4 aromatic rings. The van der Waals surface area contributed by atoms with Crippen molar-refractivity contribution in [1.82, 2.24) is 15.1 Å². The molecule has 0 saturated heterocycles. The number of nitrogens with zero attached hydrogens (tertiary/aromatic N) is 2. The first kappa shape index (κ1) is 21.3. The fraction of sp³-hybridized carbons (Fsp3) is 0.192. The van der Waals surface area contributed by atoms with Crippen molar-refractivity contribution in [1.29, 1.82) is 0 Å². The monoisotopic (exact) mass is 427 g/mol. The summed E-state index contributed by atoms with van der Waals surface area (Å²) in [6.07, 6.45) is 4.20. The maximum atomic E-state index is 12.5. The predicted molar refractivity (Wildman–Crippen MR) is 123 cm³/mol. The Morgan fingerprint density at radius 2 is 1.72 bits per heavy atom. The molecular weight excluding hydrogens is 402 g/mol. The Balaban J connectivity index is 1.37. The van der Waals surface area contributed by atoms with Crippen LogP contribution in [0.2, 0.25) is 0 Å². The fourth-order valence-corrected chi connectivity index (χ4v) is 3.71. The lowest BCUT2D eigenvalue weighted by molar-refractivity contribution is -0.145. The Hall–Kier alpha value is -3.93. The van der Waals surface area contributed by atoms with Crippen molar-refractivity contribution in [2.75, 3.05) is 13.7 Å². The van der Waals surface area contributed by atoms with Crippen LogP contribution in [-0.2, 0) is 27.2 Å². The number of benzene rings is 3. The standard InChI is InChI=1S/C26H25N3O3/c1-32-26(31)23(14-19-11-12-21-7-5-6-8-22(21)13-19)17-27-25(30)15-20-16-28-29(18-20)24-9-3-2-4-10-24/h2-13,16,18,23H,14-15,17H2,1H3,(H,27,30). The summed E-state index contributed by atoms with van der Waals surface area (Å²) in [5, 5.41) is 9.46. The number of hydrogen-bond donors (Lipinski definition) is 1. The van der Waals surface area contributed by atoms with Gasteiger partial charge in [0, 0.05) is 12.7 Å². The molecule has 1 aromatic heterocycles. The first-order chi connectivity index (χ1) is 15.6. The van der Waals surface area contributed by atoms with Crippen molar-refractivity contribution in [2.45, 2.75) is 12.8 Å². The molecule has 0 aliphatic heterocycles. The van der Waals surface area contributed by atoms with Crippen LogP contribution in [-0.4, -0.2) is 35.3 Å². The zero-order chi connectivity index (χ0) is 22.3. The number of carbonyl (C=O) groups excluding carboxylic acids is 2.